The van der Waals surface area contributed by atoms with Gasteiger partial charge in [0, 0.05) is 22.3 Å². The van der Waals surface area contributed by atoms with E-state index < -0.39 is 5.41 Å². The molecule has 0 fully saturated rings. The van der Waals surface area contributed by atoms with Crippen molar-refractivity contribution in [3.05, 3.63) is 70.3 Å². The summed E-state index contributed by atoms with van der Waals surface area (Å²) in [5, 5.41) is 9.23. The molecule has 0 bridgehead atoms. The molecule has 0 aliphatic heterocycles. The lowest BCUT2D eigenvalue weighted by Gasteiger charge is -2.23. The van der Waals surface area contributed by atoms with Crippen LogP contribution in [0.25, 0.3) is 0 Å². The lowest BCUT2D eigenvalue weighted by Crippen LogP contribution is -2.24. The predicted octanol–water partition coefficient (Wildman–Crippen LogP) is 3.55. The van der Waals surface area contributed by atoms with E-state index in [1.165, 1.54) is 0 Å². The first-order valence-corrected chi connectivity index (χ1v) is 7.16. The van der Waals surface area contributed by atoms with Gasteiger partial charge in [0.2, 0.25) is 0 Å². The average molecular weight is 289 g/mol. The highest BCUT2D eigenvalue weighted by atomic mass is 16.1. The van der Waals surface area contributed by atoms with Crippen molar-refractivity contribution in [3.63, 3.8) is 0 Å². The summed E-state index contributed by atoms with van der Waals surface area (Å²) in [6, 6.07) is 14.4. The Hall–Kier alpha value is -2.73. The third-order valence-electron chi connectivity index (χ3n) is 3.97. The summed E-state index contributed by atoms with van der Waals surface area (Å²) in [5.41, 5.74) is 1.97. The van der Waals surface area contributed by atoms with Crippen LogP contribution in [0.3, 0.4) is 0 Å². The van der Waals surface area contributed by atoms with Gasteiger partial charge in [-0.2, -0.15) is 5.26 Å². The average Bonchev–Trinajstić information content (AvgIpc) is 2.52. The maximum Gasteiger partial charge on any atom is 0.194 e. The Balaban J connectivity index is 2.20. The van der Waals surface area contributed by atoms with Crippen LogP contribution in [-0.2, 0) is 6.42 Å². The van der Waals surface area contributed by atoms with Crippen LogP contribution < -0.4 is 0 Å². The number of nitriles is 1. The van der Waals surface area contributed by atoms with Crippen molar-refractivity contribution in [2.45, 2.75) is 20.3 Å². The van der Waals surface area contributed by atoms with E-state index in [9.17, 15) is 14.9 Å². The lowest BCUT2D eigenvalue weighted by molar-refractivity contribution is 0.0978. The van der Waals surface area contributed by atoms with E-state index in [1.807, 2.05) is 19.9 Å². The maximum atomic E-state index is 12.8. The molecule has 0 heterocycles. The minimum absolute atomic E-state index is 0.123. The summed E-state index contributed by atoms with van der Waals surface area (Å²) in [4.78, 5) is 25.4. The molecule has 2 aromatic rings. The van der Waals surface area contributed by atoms with Crippen molar-refractivity contribution in [1.82, 2.24) is 0 Å². The van der Waals surface area contributed by atoms with Gasteiger partial charge in [-0.3, -0.25) is 9.59 Å². The van der Waals surface area contributed by atoms with Gasteiger partial charge in [-0.15, -0.1) is 0 Å². The van der Waals surface area contributed by atoms with Crippen molar-refractivity contribution in [3.8, 4) is 6.07 Å². The van der Waals surface area contributed by atoms with Crippen molar-refractivity contribution in [2.75, 3.05) is 0 Å². The van der Waals surface area contributed by atoms with Crippen LogP contribution in [0, 0.1) is 16.7 Å². The van der Waals surface area contributed by atoms with E-state index in [-0.39, 0.29) is 11.6 Å². The highest BCUT2D eigenvalue weighted by Gasteiger charge is 2.32. The monoisotopic (exact) mass is 289 g/mol. The van der Waals surface area contributed by atoms with Gasteiger partial charge in [-0.1, -0.05) is 42.5 Å². The van der Waals surface area contributed by atoms with E-state index in [0.29, 0.717) is 28.7 Å². The second kappa shape index (κ2) is 4.92. The zero-order chi connectivity index (χ0) is 15.9. The zero-order valence-corrected chi connectivity index (χ0v) is 12.5. The number of benzene rings is 2. The van der Waals surface area contributed by atoms with Gasteiger partial charge in [0.15, 0.2) is 11.6 Å². The Morgan fingerprint density at radius 1 is 0.909 bits per heavy atom. The topological polar surface area (TPSA) is 57.9 Å². The van der Waals surface area contributed by atoms with Crippen LogP contribution in [0.1, 0.15) is 51.3 Å². The maximum absolute atomic E-state index is 12.8. The second-order valence-corrected chi connectivity index (χ2v) is 6.22. The van der Waals surface area contributed by atoms with Crippen LogP contribution in [-0.4, -0.2) is 11.6 Å². The minimum atomic E-state index is -0.588. The summed E-state index contributed by atoms with van der Waals surface area (Å²) >= 11 is 0. The van der Waals surface area contributed by atoms with E-state index in [4.69, 9.17) is 0 Å². The molecule has 2 aromatic carbocycles. The first-order chi connectivity index (χ1) is 10.4. The van der Waals surface area contributed by atoms with Crippen LogP contribution in [0.5, 0.6) is 0 Å². The molecular weight excluding hydrogens is 274 g/mol. The molecule has 0 spiro atoms. The van der Waals surface area contributed by atoms with Gasteiger partial charge in [0.1, 0.15) is 0 Å². The number of hydrogen-bond donors (Lipinski definition) is 0. The summed E-state index contributed by atoms with van der Waals surface area (Å²) in [6.45, 7) is 3.66. The van der Waals surface area contributed by atoms with Gasteiger partial charge in [-0.25, -0.2) is 0 Å². The normalized spacial score (nSPS) is 13.3. The van der Waals surface area contributed by atoms with Crippen molar-refractivity contribution < 1.29 is 9.59 Å². The van der Waals surface area contributed by atoms with E-state index in [1.54, 1.807) is 36.4 Å². The molecule has 0 unspecified atom stereocenters. The predicted molar refractivity (Wildman–Crippen MR) is 82.8 cm³/mol. The number of hydrogen-bond acceptors (Lipinski definition) is 3. The molecule has 0 amide bonds. The molecule has 3 rings (SSSR count). The second-order valence-electron chi connectivity index (χ2n) is 6.22. The molecule has 0 saturated carbocycles. The molecule has 1 aliphatic rings. The number of carbonyl (C=O) groups is 2. The number of carbonyl (C=O) groups excluding carboxylic acids is 2. The third-order valence-corrected chi connectivity index (χ3v) is 3.97. The van der Waals surface area contributed by atoms with Crippen molar-refractivity contribution in [2.24, 2.45) is 5.41 Å². The summed E-state index contributed by atoms with van der Waals surface area (Å²) in [5.74, 6) is -0.253. The first-order valence-electron chi connectivity index (χ1n) is 7.16. The third kappa shape index (κ3) is 2.14. The fourth-order valence-electron chi connectivity index (χ4n) is 2.88. The molecule has 108 valence electrons. The van der Waals surface area contributed by atoms with Gasteiger partial charge in [0.05, 0.1) is 11.5 Å². The molecule has 3 heteroatoms. The SMILES string of the molecule is CC(C)(C#N)Cc1cccc2c1C(=O)c1ccccc1C2=O. The number of ketones is 2. The lowest BCUT2D eigenvalue weighted by atomic mass is 9.78. The van der Waals surface area contributed by atoms with Gasteiger partial charge in [0.25, 0.3) is 0 Å². The molecule has 22 heavy (non-hydrogen) atoms. The molecular formula is C19H15NO2. The van der Waals surface area contributed by atoms with Crippen LogP contribution >= 0.6 is 0 Å². The fourth-order valence-corrected chi connectivity index (χ4v) is 2.88. The number of rotatable bonds is 2. The van der Waals surface area contributed by atoms with Crippen LogP contribution in [0.15, 0.2) is 42.5 Å². The van der Waals surface area contributed by atoms with Crippen LogP contribution in [0.4, 0.5) is 0 Å². The quantitative estimate of drug-likeness (QED) is 0.725. The molecule has 0 N–H and O–H groups in total. The number of nitrogens with zero attached hydrogens (tertiary/aromatic N) is 1. The Morgan fingerprint density at radius 3 is 2.14 bits per heavy atom. The first kappa shape index (κ1) is 14.2. The fraction of sp³-hybridized carbons (Fsp3) is 0.211. The molecule has 0 saturated heterocycles. The van der Waals surface area contributed by atoms with Gasteiger partial charge >= 0.3 is 0 Å². The Kier molecular flexibility index (Phi) is 3.18. The molecule has 3 nitrogen and oxygen atoms in total. The minimum Gasteiger partial charge on any atom is -0.289 e. The summed E-state index contributed by atoms with van der Waals surface area (Å²) in [6.07, 6.45) is 0.438. The van der Waals surface area contributed by atoms with E-state index in [0.717, 1.165) is 5.56 Å². The summed E-state index contributed by atoms with van der Waals surface area (Å²) < 4.78 is 0. The highest BCUT2D eigenvalue weighted by molar-refractivity contribution is 6.28. The van der Waals surface area contributed by atoms with E-state index >= 15 is 0 Å². The Bertz CT molecular complexity index is 841. The largest absolute Gasteiger partial charge is 0.289 e. The van der Waals surface area contributed by atoms with Gasteiger partial charge < -0.3 is 0 Å². The Labute approximate surface area is 129 Å². The highest BCUT2D eigenvalue weighted by Crippen LogP contribution is 2.32. The summed E-state index contributed by atoms with van der Waals surface area (Å²) in [7, 11) is 0. The molecule has 0 aromatic heterocycles. The molecule has 0 radical (unpaired) electrons. The molecule has 0 atom stereocenters. The molecule has 1 aliphatic carbocycles. The van der Waals surface area contributed by atoms with Crippen molar-refractivity contribution in [1.29, 1.82) is 5.26 Å². The van der Waals surface area contributed by atoms with Gasteiger partial charge in [-0.05, 0) is 25.8 Å². The number of fused-ring (bicyclic) bond motifs is 2. The zero-order valence-electron chi connectivity index (χ0n) is 12.5. The Morgan fingerprint density at radius 2 is 1.50 bits per heavy atom. The van der Waals surface area contributed by atoms with Crippen LogP contribution in [0.2, 0.25) is 0 Å². The van der Waals surface area contributed by atoms with E-state index in [2.05, 4.69) is 6.07 Å². The smallest absolute Gasteiger partial charge is 0.194 e. The van der Waals surface area contributed by atoms with Crippen molar-refractivity contribution >= 4 is 11.6 Å². The standard InChI is InChI=1S/C19H15NO2/c1-19(2,11-20)10-12-6-5-9-15-16(12)18(22)14-8-4-3-7-13(14)17(15)21/h3-9H,10H2,1-2H3.